The molecule has 0 radical (unpaired) electrons. The van der Waals surface area contributed by atoms with Gasteiger partial charge in [-0.25, -0.2) is 4.99 Å². The molecule has 18 heavy (non-hydrogen) atoms. The van der Waals surface area contributed by atoms with Crippen molar-refractivity contribution in [2.75, 3.05) is 7.05 Å². The van der Waals surface area contributed by atoms with Crippen molar-refractivity contribution in [3.8, 4) is 0 Å². The van der Waals surface area contributed by atoms with Crippen molar-refractivity contribution in [3.63, 3.8) is 0 Å². The van der Waals surface area contributed by atoms with Gasteiger partial charge in [0.05, 0.1) is 10.4 Å². The second-order valence-corrected chi connectivity index (χ2v) is 4.62. The van der Waals surface area contributed by atoms with Crippen molar-refractivity contribution in [1.29, 1.82) is 0 Å². The molecule has 92 valence electrons. The van der Waals surface area contributed by atoms with Gasteiger partial charge < -0.3 is 5.32 Å². The number of rotatable bonds is 4. The zero-order valence-corrected chi connectivity index (χ0v) is 11.1. The van der Waals surface area contributed by atoms with E-state index in [-0.39, 0.29) is 0 Å². The number of hydrogen-bond acceptors (Lipinski definition) is 4. The summed E-state index contributed by atoms with van der Waals surface area (Å²) in [4.78, 5) is 9.49. The van der Waals surface area contributed by atoms with Crippen molar-refractivity contribution in [2.45, 2.75) is 6.42 Å². The van der Waals surface area contributed by atoms with Crippen LogP contribution in [0.4, 0.5) is 0 Å². The van der Waals surface area contributed by atoms with Gasteiger partial charge in [-0.3, -0.25) is 4.98 Å². The normalized spacial score (nSPS) is 17.7. The quantitative estimate of drug-likeness (QED) is 0.841. The maximum atomic E-state index is 4.29. The summed E-state index contributed by atoms with van der Waals surface area (Å²) in [5.41, 5.74) is 4.09. The van der Waals surface area contributed by atoms with Gasteiger partial charge in [-0.15, -0.1) is 11.3 Å². The number of hydrogen-bond donors (Lipinski definition) is 1. The second kappa shape index (κ2) is 6.12. The molecule has 0 fully saturated rings. The van der Waals surface area contributed by atoms with Gasteiger partial charge in [0.25, 0.3) is 0 Å². The van der Waals surface area contributed by atoms with Gasteiger partial charge in [-0.1, -0.05) is 24.8 Å². The minimum Gasteiger partial charge on any atom is -0.373 e. The van der Waals surface area contributed by atoms with E-state index < -0.39 is 0 Å². The molecule has 1 N–H and O–H groups in total. The first-order chi connectivity index (χ1) is 8.83. The van der Waals surface area contributed by atoms with Crippen LogP contribution in [0.2, 0.25) is 0 Å². The van der Waals surface area contributed by atoms with Crippen molar-refractivity contribution in [3.05, 3.63) is 58.9 Å². The molecule has 0 spiro atoms. The van der Waals surface area contributed by atoms with Crippen LogP contribution >= 0.6 is 11.3 Å². The Hall–Kier alpha value is -1.94. The average Bonchev–Trinajstić information content (AvgIpc) is 2.94. The highest BCUT2D eigenvalue weighted by atomic mass is 32.1. The van der Waals surface area contributed by atoms with Crippen LogP contribution in [0, 0.1) is 0 Å². The SMILES string of the molecule is C=C/C(=C\C=C1\C=NC(NC)=CC1)c1cncs1. The summed E-state index contributed by atoms with van der Waals surface area (Å²) in [6.45, 7) is 3.83. The monoisotopic (exact) mass is 257 g/mol. The fourth-order valence-electron chi connectivity index (χ4n) is 1.56. The van der Waals surface area contributed by atoms with Crippen molar-refractivity contribution in [1.82, 2.24) is 10.3 Å². The Morgan fingerprint density at radius 3 is 3.00 bits per heavy atom. The summed E-state index contributed by atoms with van der Waals surface area (Å²) in [5.74, 6) is 0.919. The number of allylic oxidation sites excluding steroid dienone is 6. The molecular weight excluding hydrogens is 242 g/mol. The number of thiazole rings is 1. The van der Waals surface area contributed by atoms with Crippen molar-refractivity contribution in [2.24, 2.45) is 4.99 Å². The van der Waals surface area contributed by atoms with Crippen LogP contribution in [-0.2, 0) is 0 Å². The number of nitrogens with one attached hydrogen (secondary N) is 1. The van der Waals surface area contributed by atoms with Gasteiger partial charge in [-0.05, 0) is 23.6 Å². The molecule has 0 aliphatic carbocycles. The fraction of sp³-hybridized carbons (Fsp3) is 0.143. The van der Waals surface area contributed by atoms with Gasteiger partial charge in [0.1, 0.15) is 5.82 Å². The predicted octanol–water partition coefficient (Wildman–Crippen LogP) is 3.17. The third kappa shape index (κ3) is 3.05. The van der Waals surface area contributed by atoms with E-state index in [1.807, 2.05) is 31.0 Å². The van der Waals surface area contributed by atoms with E-state index in [0.29, 0.717) is 0 Å². The molecule has 1 aromatic heterocycles. The maximum Gasteiger partial charge on any atom is 0.121 e. The number of aromatic nitrogens is 1. The third-order valence-corrected chi connectivity index (χ3v) is 3.39. The minimum absolute atomic E-state index is 0.892. The zero-order chi connectivity index (χ0) is 12.8. The minimum atomic E-state index is 0.892. The Bertz CT molecular complexity index is 533. The van der Waals surface area contributed by atoms with Crippen LogP contribution in [0.15, 0.2) is 59.0 Å². The smallest absolute Gasteiger partial charge is 0.121 e. The first-order valence-electron chi connectivity index (χ1n) is 5.67. The van der Waals surface area contributed by atoms with Gasteiger partial charge in [0.2, 0.25) is 0 Å². The lowest BCUT2D eigenvalue weighted by atomic mass is 10.1. The molecule has 2 heterocycles. The Morgan fingerprint density at radius 2 is 2.44 bits per heavy atom. The Labute approximate surface area is 111 Å². The molecule has 0 amide bonds. The molecule has 0 bridgehead atoms. The van der Waals surface area contributed by atoms with Gasteiger partial charge >= 0.3 is 0 Å². The molecule has 1 aliphatic rings. The number of nitrogens with zero attached hydrogens (tertiary/aromatic N) is 2. The molecular formula is C14H15N3S. The molecule has 0 unspecified atom stereocenters. The number of aliphatic imine (C=N–C) groups is 1. The Morgan fingerprint density at radius 1 is 1.56 bits per heavy atom. The van der Waals surface area contributed by atoms with E-state index in [0.717, 1.165) is 22.7 Å². The lowest BCUT2D eigenvalue weighted by Gasteiger charge is -2.07. The van der Waals surface area contributed by atoms with E-state index >= 15 is 0 Å². The van der Waals surface area contributed by atoms with Gasteiger partial charge in [0.15, 0.2) is 0 Å². The van der Waals surface area contributed by atoms with Crippen LogP contribution in [-0.4, -0.2) is 18.2 Å². The highest BCUT2D eigenvalue weighted by Gasteiger charge is 2.01. The molecule has 0 saturated heterocycles. The van der Waals surface area contributed by atoms with Gasteiger partial charge in [-0.2, -0.15) is 0 Å². The summed E-state index contributed by atoms with van der Waals surface area (Å²) in [7, 11) is 1.87. The molecule has 1 aliphatic heterocycles. The average molecular weight is 257 g/mol. The molecule has 4 heteroatoms. The highest BCUT2D eigenvalue weighted by molar-refractivity contribution is 7.10. The molecule has 3 nitrogen and oxygen atoms in total. The Kier molecular flexibility index (Phi) is 4.25. The van der Waals surface area contributed by atoms with Crippen LogP contribution < -0.4 is 5.32 Å². The first-order valence-corrected chi connectivity index (χ1v) is 6.55. The molecule has 0 atom stereocenters. The summed E-state index contributed by atoms with van der Waals surface area (Å²) >= 11 is 1.61. The van der Waals surface area contributed by atoms with E-state index in [9.17, 15) is 0 Å². The standard InChI is InChI=1S/C14H15N3S/c1-3-12(13-9-16-10-18-13)6-4-11-5-7-14(15-2)17-8-11/h3-4,6-10,15H,1,5H2,2H3/b11-4+,12-6+. The fourth-order valence-corrected chi connectivity index (χ4v) is 2.20. The largest absolute Gasteiger partial charge is 0.373 e. The first kappa shape index (κ1) is 12.5. The summed E-state index contributed by atoms with van der Waals surface area (Å²) < 4.78 is 0. The van der Waals surface area contributed by atoms with Crippen LogP contribution in [0.3, 0.4) is 0 Å². The second-order valence-electron chi connectivity index (χ2n) is 3.74. The highest BCUT2D eigenvalue weighted by Crippen LogP contribution is 2.20. The van der Waals surface area contributed by atoms with Crippen LogP contribution in [0.1, 0.15) is 11.3 Å². The topological polar surface area (TPSA) is 37.3 Å². The van der Waals surface area contributed by atoms with E-state index in [4.69, 9.17) is 0 Å². The van der Waals surface area contributed by atoms with E-state index in [1.54, 1.807) is 11.3 Å². The molecule has 0 saturated carbocycles. The lowest BCUT2D eigenvalue weighted by molar-refractivity contribution is 0.942. The maximum absolute atomic E-state index is 4.29. The van der Waals surface area contributed by atoms with E-state index in [1.165, 1.54) is 5.57 Å². The zero-order valence-electron chi connectivity index (χ0n) is 10.3. The molecule has 2 rings (SSSR count). The van der Waals surface area contributed by atoms with Crippen LogP contribution in [0.25, 0.3) is 5.57 Å². The summed E-state index contributed by atoms with van der Waals surface area (Å²) in [6, 6.07) is 0. The van der Waals surface area contributed by atoms with Crippen LogP contribution in [0.5, 0.6) is 0 Å². The predicted molar refractivity (Wildman–Crippen MR) is 78.6 cm³/mol. The van der Waals surface area contributed by atoms with Gasteiger partial charge in [0, 0.05) is 19.5 Å². The molecule has 1 aromatic rings. The van der Waals surface area contributed by atoms with Crippen molar-refractivity contribution < 1.29 is 0 Å². The lowest BCUT2D eigenvalue weighted by Crippen LogP contribution is -2.06. The summed E-state index contributed by atoms with van der Waals surface area (Å²) in [5, 5.41) is 3.02. The summed E-state index contributed by atoms with van der Waals surface area (Å²) in [6.07, 6.45) is 12.7. The van der Waals surface area contributed by atoms with Crippen molar-refractivity contribution >= 4 is 23.1 Å². The third-order valence-electron chi connectivity index (χ3n) is 2.57. The Balaban J connectivity index is 2.13. The molecule has 0 aromatic carbocycles. The van der Waals surface area contributed by atoms with E-state index in [2.05, 4.69) is 40.1 Å².